The Hall–Kier alpha value is -2.40. The third-order valence-electron chi connectivity index (χ3n) is 6.38. The van der Waals surface area contributed by atoms with Gasteiger partial charge in [0.25, 0.3) is 5.91 Å². The second-order valence-corrected chi connectivity index (χ2v) is 7.93. The van der Waals surface area contributed by atoms with E-state index in [2.05, 4.69) is 0 Å². The Morgan fingerprint density at radius 1 is 1.11 bits per heavy atom. The second-order valence-electron chi connectivity index (χ2n) is 7.93. The maximum Gasteiger partial charge on any atom is 0.254 e. The molecular formula is C23H26FNO3. The van der Waals surface area contributed by atoms with Gasteiger partial charge in [0.15, 0.2) is 0 Å². The van der Waals surface area contributed by atoms with Crippen molar-refractivity contribution in [3.05, 3.63) is 65.5 Å². The minimum atomic E-state index is -0.734. The summed E-state index contributed by atoms with van der Waals surface area (Å²) < 4.78 is 18.6. The van der Waals surface area contributed by atoms with E-state index in [-0.39, 0.29) is 23.7 Å². The van der Waals surface area contributed by atoms with Gasteiger partial charge in [-0.3, -0.25) is 4.79 Å². The van der Waals surface area contributed by atoms with Crippen LogP contribution in [0.3, 0.4) is 0 Å². The van der Waals surface area contributed by atoms with Crippen molar-refractivity contribution in [2.45, 2.75) is 43.7 Å². The lowest BCUT2D eigenvalue weighted by atomic mass is 9.66. The van der Waals surface area contributed by atoms with E-state index in [1.165, 1.54) is 24.3 Å². The van der Waals surface area contributed by atoms with E-state index in [1.54, 1.807) is 7.11 Å². The first kappa shape index (κ1) is 18.9. The van der Waals surface area contributed by atoms with Crippen LogP contribution in [0.4, 0.5) is 4.39 Å². The van der Waals surface area contributed by atoms with E-state index in [0.717, 1.165) is 37.0 Å². The van der Waals surface area contributed by atoms with E-state index >= 15 is 0 Å². The maximum atomic E-state index is 13.3. The largest absolute Gasteiger partial charge is 0.497 e. The van der Waals surface area contributed by atoms with Crippen molar-refractivity contribution in [1.82, 2.24) is 4.90 Å². The number of ether oxygens (including phenoxy) is 1. The molecule has 28 heavy (non-hydrogen) atoms. The third-order valence-corrected chi connectivity index (χ3v) is 6.38. The van der Waals surface area contributed by atoms with Crippen LogP contribution in [0.5, 0.6) is 5.75 Å². The minimum Gasteiger partial charge on any atom is -0.497 e. The molecule has 1 saturated carbocycles. The van der Waals surface area contributed by atoms with Gasteiger partial charge in [-0.1, -0.05) is 25.0 Å². The number of likely N-dealkylation sites (tertiary alicyclic amines) is 1. The number of aliphatic hydroxyl groups is 1. The standard InChI is InChI=1S/C23H26FNO3/c1-28-19-11-7-16(8-12-19)21-20-4-2-3-13-23(20,27)14-15-25(21)22(26)17-5-9-18(24)10-6-17/h5-12,20-21,27H,2-4,13-15H2,1H3/t20-,21+,23+/m1/s1. The first-order chi connectivity index (χ1) is 13.5. The van der Waals surface area contributed by atoms with Crippen LogP contribution in [-0.4, -0.2) is 35.2 Å². The molecule has 1 aliphatic heterocycles. The van der Waals surface area contributed by atoms with Gasteiger partial charge < -0.3 is 14.7 Å². The molecule has 148 valence electrons. The zero-order valence-electron chi connectivity index (χ0n) is 16.1. The minimum absolute atomic E-state index is 0.00667. The van der Waals surface area contributed by atoms with Crippen molar-refractivity contribution >= 4 is 5.91 Å². The molecule has 0 unspecified atom stereocenters. The molecule has 1 amide bonds. The van der Waals surface area contributed by atoms with Gasteiger partial charge in [-0.05, 0) is 61.2 Å². The maximum absolute atomic E-state index is 13.3. The number of methoxy groups -OCH3 is 1. The fourth-order valence-corrected chi connectivity index (χ4v) is 4.88. The van der Waals surface area contributed by atoms with Crippen LogP contribution in [-0.2, 0) is 0 Å². The Bertz CT molecular complexity index is 836. The van der Waals surface area contributed by atoms with Crippen molar-refractivity contribution in [3.8, 4) is 5.75 Å². The highest BCUT2D eigenvalue weighted by Gasteiger charge is 2.50. The molecule has 1 N–H and O–H groups in total. The Labute approximate surface area is 164 Å². The highest BCUT2D eigenvalue weighted by atomic mass is 19.1. The number of carbonyl (C=O) groups excluding carboxylic acids is 1. The zero-order valence-corrected chi connectivity index (χ0v) is 16.1. The molecule has 0 radical (unpaired) electrons. The summed E-state index contributed by atoms with van der Waals surface area (Å²) in [5, 5.41) is 11.3. The molecule has 2 aliphatic rings. The third kappa shape index (κ3) is 3.39. The number of hydrogen-bond donors (Lipinski definition) is 1. The van der Waals surface area contributed by atoms with E-state index < -0.39 is 5.60 Å². The summed E-state index contributed by atoms with van der Waals surface area (Å²) in [5.74, 6) is 0.277. The highest BCUT2D eigenvalue weighted by Crippen LogP contribution is 2.49. The fraction of sp³-hybridized carbons (Fsp3) is 0.435. The SMILES string of the molecule is COc1ccc([C@H]2[C@H]3CCCC[C@]3(O)CCN2C(=O)c2ccc(F)cc2)cc1. The average molecular weight is 383 g/mol. The van der Waals surface area contributed by atoms with Crippen LogP contribution >= 0.6 is 0 Å². The predicted octanol–water partition coefficient (Wildman–Crippen LogP) is 4.34. The van der Waals surface area contributed by atoms with Gasteiger partial charge in [0.2, 0.25) is 0 Å². The summed E-state index contributed by atoms with van der Waals surface area (Å²) in [6.07, 6.45) is 4.33. The molecule has 1 saturated heterocycles. The van der Waals surface area contributed by atoms with Gasteiger partial charge in [0.1, 0.15) is 11.6 Å². The summed E-state index contributed by atoms with van der Waals surface area (Å²) in [6.45, 7) is 0.486. The smallest absolute Gasteiger partial charge is 0.254 e. The van der Waals surface area contributed by atoms with Crippen molar-refractivity contribution < 1.29 is 19.0 Å². The molecule has 4 rings (SSSR count). The number of amides is 1. The lowest BCUT2D eigenvalue weighted by Gasteiger charge is -2.52. The van der Waals surface area contributed by atoms with E-state index in [9.17, 15) is 14.3 Å². The van der Waals surface area contributed by atoms with Crippen molar-refractivity contribution in [2.24, 2.45) is 5.92 Å². The number of halogens is 1. The summed E-state index contributed by atoms with van der Waals surface area (Å²) in [4.78, 5) is 15.2. The normalized spacial score (nSPS) is 27.2. The summed E-state index contributed by atoms with van der Waals surface area (Å²) in [6, 6.07) is 13.2. The molecule has 3 atom stereocenters. The lowest BCUT2D eigenvalue weighted by molar-refractivity contribution is -0.115. The molecule has 2 aromatic carbocycles. The molecule has 5 heteroatoms. The molecule has 1 heterocycles. The van der Waals surface area contributed by atoms with Crippen LogP contribution in [0.1, 0.15) is 54.1 Å². The Kier molecular flexibility index (Phi) is 5.11. The monoisotopic (exact) mass is 383 g/mol. The fourth-order valence-electron chi connectivity index (χ4n) is 4.88. The first-order valence-corrected chi connectivity index (χ1v) is 9.95. The van der Waals surface area contributed by atoms with Crippen LogP contribution in [0.15, 0.2) is 48.5 Å². The van der Waals surface area contributed by atoms with E-state index in [0.29, 0.717) is 18.5 Å². The van der Waals surface area contributed by atoms with Crippen LogP contribution in [0.2, 0.25) is 0 Å². The van der Waals surface area contributed by atoms with Gasteiger partial charge >= 0.3 is 0 Å². The van der Waals surface area contributed by atoms with Crippen LogP contribution in [0.25, 0.3) is 0 Å². The summed E-state index contributed by atoms with van der Waals surface area (Å²) in [5.41, 5.74) is 0.741. The number of benzene rings is 2. The molecule has 0 spiro atoms. The number of carbonyl (C=O) groups is 1. The molecule has 4 nitrogen and oxygen atoms in total. The molecule has 1 aliphatic carbocycles. The van der Waals surface area contributed by atoms with Gasteiger partial charge in [0, 0.05) is 18.0 Å². The zero-order chi connectivity index (χ0) is 19.7. The number of hydrogen-bond acceptors (Lipinski definition) is 3. The van der Waals surface area contributed by atoms with Crippen molar-refractivity contribution in [2.75, 3.05) is 13.7 Å². The van der Waals surface area contributed by atoms with Crippen molar-refractivity contribution in [3.63, 3.8) is 0 Å². The number of fused-ring (bicyclic) bond motifs is 1. The molecule has 2 aromatic rings. The first-order valence-electron chi connectivity index (χ1n) is 9.95. The van der Waals surface area contributed by atoms with Gasteiger partial charge in [-0.25, -0.2) is 4.39 Å². The highest BCUT2D eigenvalue weighted by molar-refractivity contribution is 5.94. The molecule has 2 fully saturated rings. The lowest BCUT2D eigenvalue weighted by Crippen LogP contribution is -2.56. The van der Waals surface area contributed by atoms with Crippen LogP contribution in [0, 0.1) is 11.7 Å². The summed E-state index contributed by atoms with van der Waals surface area (Å²) >= 11 is 0. The molecule has 0 bridgehead atoms. The second kappa shape index (κ2) is 7.55. The number of nitrogens with zero attached hydrogens (tertiary/aromatic N) is 1. The van der Waals surface area contributed by atoms with E-state index in [4.69, 9.17) is 4.74 Å². The quantitative estimate of drug-likeness (QED) is 0.858. The topological polar surface area (TPSA) is 49.8 Å². The number of rotatable bonds is 3. The van der Waals surface area contributed by atoms with Crippen molar-refractivity contribution in [1.29, 1.82) is 0 Å². The Morgan fingerprint density at radius 2 is 1.82 bits per heavy atom. The Morgan fingerprint density at radius 3 is 2.50 bits per heavy atom. The number of piperidine rings is 1. The molecule has 0 aromatic heterocycles. The average Bonchev–Trinajstić information content (AvgIpc) is 2.73. The predicted molar refractivity (Wildman–Crippen MR) is 105 cm³/mol. The van der Waals surface area contributed by atoms with Gasteiger partial charge in [0.05, 0.1) is 18.8 Å². The summed E-state index contributed by atoms with van der Waals surface area (Å²) in [7, 11) is 1.62. The van der Waals surface area contributed by atoms with Gasteiger partial charge in [-0.2, -0.15) is 0 Å². The Balaban J connectivity index is 1.72. The molecular weight excluding hydrogens is 357 g/mol. The van der Waals surface area contributed by atoms with Gasteiger partial charge in [-0.15, -0.1) is 0 Å². The van der Waals surface area contributed by atoms with E-state index in [1.807, 2.05) is 29.2 Å². The van der Waals surface area contributed by atoms with Crippen LogP contribution < -0.4 is 4.74 Å².